The number of ether oxygens (including phenoxy) is 3. The van der Waals surface area contributed by atoms with Crippen LogP contribution in [0.3, 0.4) is 0 Å². The fraction of sp³-hybridized carbons (Fsp3) is 0.324. The Balaban J connectivity index is 1.65. The monoisotopic (exact) mass is 600 g/mol. The van der Waals surface area contributed by atoms with Gasteiger partial charge in [0.15, 0.2) is 16.6 Å². The van der Waals surface area contributed by atoms with Crippen molar-refractivity contribution in [1.82, 2.24) is 4.98 Å². The normalized spacial score (nSPS) is 16.3. The molecule has 8 nitrogen and oxygen atoms in total. The number of benzene rings is 3. The van der Waals surface area contributed by atoms with E-state index in [-0.39, 0.29) is 11.3 Å². The van der Waals surface area contributed by atoms with Crippen LogP contribution in [0, 0.1) is 12.8 Å². The number of ketones is 1. The Labute approximate surface area is 255 Å². The number of nitrogens with zero attached hydrogens (tertiary/aromatic N) is 2. The van der Waals surface area contributed by atoms with E-state index in [4.69, 9.17) is 19.2 Å². The summed E-state index contributed by atoms with van der Waals surface area (Å²) < 4.78 is 18.3. The molecule has 1 aromatic heterocycles. The van der Waals surface area contributed by atoms with Gasteiger partial charge in [-0.15, -0.1) is 0 Å². The summed E-state index contributed by atoms with van der Waals surface area (Å²) in [5.74, 6) is 0.199. The number of fused-ring (bicyclic) bond motifs is 1. The van der Waals surface area contributed by atoms with Crippen molar-refractivity contribution in [2.75, 3.05) is 25.2 Å². The first-order chi connectivity index (χ1) is 20.7. The minimum Gasteiger partial charge on any atom is -0.507 e. The molecule has 0 saturated carbocycles. The summed E-state index contributed by atoms with van der Waals surface area (Å²) in [4.78, 5) is 33.5. The second-order valence-electron chi connectivity index (χ2n) is 11.0. The van der Waals surface area contributed by atoms with Gasteiger partial charge >= 0.3 is 5.91 Å². The van der Waals surface area contributed by atoms with Crippen molar-refractivity contribution in [3.05, 3.63) is 82.9 Å². The van der Waals surface area contributed by atoms with Crippen molar-refractivity contribution in [3.8, 4) is 17.2 Å². The molecule has 2 heterocycles. The van der Waals surface area contributed by atoms with E-state index in [2.05, 4.69) is 13.8 Å². The van der Waals surface area contributed by atoms with Gasteiger partial charge in [0.25, 0.3) is 5.78 Å². The fourth-order valence-electron chi connectivity index (χ4n) is 4.95. The largest absolute Gasteiger partial charge is 0.507 e. The van der Waals surface area contributed by atoms with Crippen molar-refractivity contribution in [3.63, 3.8) is 0 Å². The smallest absolute Gasteiger partial charge is 0.301 e. The number of carbonyl (C=O) groups is 2. The molecule has 5 rings (SSSR count). The Morgan fingerprint density at radius 2 is 1.84 bits per heavy atom. The third-order valence-corrected chi connectivity index (χ3v) is 8.24. The molecule has 1 amide bonds. The van der Waals surface area contributed by atoms with Gasteiger partial charge in [-0.3, -0.25) is 14.5 Å². The molecular formula is C34H36N2O6S. The molecule has 1 fully saturated rings. The van der Waals surface area contributed by atoms with Gasteiger partial charge in [-0.2, -0.15) is 0 Å². The van der Waals surface area contributed by atoms with Crippen LogP contribution in [0.2, 0.25) is 0 Å². The van der Waals surface area contributed by atoms with Crippen LogP contribution < -0.4 is 19.1 Å². The van der Waals surface area contributed by atoms with Crippen LogP contribution in [0.25, 0.3) is 16.0 Å². The molecule has 0 aliphatic carbocycles. The van der Waals surface area contributed by atoms with Crippen LogP contribution in [-0.4, -0.2) is 42.1 Å². The van der Waals surface area contributed by atoms with Gasteiger partial charge < -0.3 is 19.3 Å². The van der Waals surface area contributed by atoms with E-state index in [0.717, 1.165) is 28.6 Å². The summed E-state index contributed by atoms with van der Waals surface area (Å²) in [5, 5.41) is 12.0. The minimum absolute atomic E-state index is 0.0383. The van der Waals surface area contributed by atoms with Gasteiger partial charge in [0.1, 0.15) is 11.5 Å². The number of aromatic nitrogens is 1. The standard InChI is InChI=1S/C34H36N2O6S/c1-6-15-41-24-9-7-8-23(18-24)31(37)29-30(22-11-13-26(27(19-22)40-5)42-16-14-20(2)3)36(33(39)32(29)38)34-35-25-12-10-21(4)17-28(25)43-34/h7-13,17-20,30,37H,6,14-16H2,1-5H3/b31-29+. The molecule has 4 aromatic rings. The van der Waals surface area contributed by atoms with E-state index in [1.54, 1.807) is 49.6 Å². The molecule has 1 saturated heterocycles. The molecule has 3 aromatic carbocycles. The van der Waals surface area contributed by atoms with E-state index >= 15 is 0 Å². The number of aliphatic hydroxyl groups excluding tert-OH is 1. The van der Waals surface area contributed by atoms with Gasteiger partial charge in [0.2, 0.25) is 0 Å². The van der Waals surface area contributed by atoms with Gasteiger partial charge in [0, 0.05) is 5.56 Å². The SMILES string of the molecule is CCCOc1cccc(/C(O)=C2\C(=O)C(=O)N(c3nc4ccc(C)cc4s3)C2c2ccc(OCCC(C)C)c(OC)c2)c1. The summed E-state index contributed by atoms with van der Waals surface area (Å²) in [6.45, 7) is 9.28. The molecule has 1 unspecified atom stereocenters. The first-order valence-electron chi connectivity index (χ1n) is 14.4. The quantitative estimate of drug-likeness (QED) is 0.108. The molecular weight excluding hydrogens is 564 g/mol. The van der Waals surface area contributed by atoms with Crippen LogP contribution >= 0.6 is 11.3 Å². The van der Waals surface area contributed by atoms with Crippen LogP contribution in [0.1, 0.15) is 56.3 Å². The van der Waals surface area contributed by atoms with E-state index in [0.29, 0.717) is 52.6 Å². The number of thiazole rings is 1. The average Bonchev–Trinajstić information content (AvgIpc) is 3.53. The van der Waals surface area contributed by atoms with Crippen LogP contribution in [0.4, 0.5) is 5.13 Å². The van der Waals surface area contributed by atoms with Gasteiger partial charge in [-0.05, 0) is 73.2 Å². The number of aryl methyl sites for hydroxylation is 1. The van der Waals surface area contributed by atoms with E-state index in [1.807, 2.05) is 32.0 Å². The average molecular weight is 601 g/mol. The lowest BCUT2D eigenvalue weighted by atomic mass is 9.95. The number of hydrogen-bond acceptors (Lipinski definition) is 8. The highest BCUT2D eigenvalue weighted by atomic mass is 32.1. The molecule has 0 spiro atoms. The number of hydrogen-bond donors (Lipinski definition) is 1. The molecule has 1 aliphatic heterocycles. The molecule has 43 heavy (non-hydrogen) atoms. The Morgan fingerprint density at radius 1 is 1.02 bits per heavy atom. The second-order valence-corrected chi connectivity index (χ2v) is 12.0. The number of amides is 1. The van der Waals surface area contributed by atoms with Crippen LogP contribution in [0.15, 0.2) is 66.2 Å². The molecule has 224 valence electrons. The lowest BCUT2D eigenvalue weighted by Crippen LogP contribution is -2.29. The minimum atomic E-state index is -0.958. The van der Waals surface area contributed by atoms with Gasteiger partial charge in [-0.1, -0.05) is 56.4 Å². The van der Waals surface area contributed by atoms with Crippen molar-refractivity contribution >= 4 is 44.1 Å². The maximum absolute atomic E-state index is 13.7. The fourth-order valence-corrected chi connectivity index (χ4v) is 6.05. The Morgan fingerprint density at radius 3 is 2.58 bits per heavy atom. The van der Waals surface area contributed by atoms with E-state index in [9.17, 15) is 14.7 Å². The van der Waals surface area contributed by atoms with Crippen molar-refractivity contribution in [2.24, 2.45) is 5.92 Å². The Kier molecular flexibility index (Phi) is 9.01. The van der Waals surface area contributed by atoms with Crippen LogP contribution in [0.5, 0.6) is 17.2 Å². The number of carbonyl (C=O) groups excluding carboxylic acids is 2. The summed E-state index contributed by atoms with van der Waals surface area (Å²) >= 11 is 1.32. The molecule has 0 bridgehead atoms. The van der Waals surface area contributed by atoms with E-state index in [1.165, 1.54) is 16.2 Å². The summed E-state index contributed by atoms with van der Waals surface area (Å²) in [6, 6.07) is 17.1. The summed E-state index contributed by atoms with van der Waals surface area (Å²) in [5.41, 5.74) is 2.69. The lowest BCUT2D eigenvalue weighted by molar-refractivity contribution is -0.132. The number of methoxy groups -OCH3 is 1. The third kappa shape index (κ3) is 6.22. The molecule has 0 radical (unpaired) electrons. The lowest BCUT2D eigenvalue weighted by Gasteiger charge is -2.24. The highest BCUT2D eigenvalue weighted by Crippen LogP contribution is 2.46. The third-order valence-electron chi connectivity index (χ3n) is 7.22. The zero-order chi connectivity index (χ0) is 30.7. The van der Waals surface area contributed by atoms with E-state index < -0.39 is 17.7 Å². The molecule has 1 atom stereocenters. The second kappa shape index (κ2) is 12.9. The number of aliphatic hydroxyl groups is 1. The zero-order valence-electron chi connectivity index (χ0n) is 25.0. The number of anilines is 1. The van der Waals surface area contributed by atoms with Crippen molar-refractivity contribution < 1.29 is 28.9 Å². The summed E-state index contributed by atoms with van der Waals surface area (Å²) in [6.07, 6.45) is 1.70. The first-order valence-corrected chi connectivity index (χ1v) is 15.3. The predicted octanol–water partition coefficient (Wildman–Crippen LogP) is 7.45. The van der Waals surface area contributed by atoms with Crippen molar-refractivity contribution in [1.29, 1.82) is 0 Å². The first kappa shape index (κ1) is 30.1. The Hall–Kier alpha value is -4.37. The van der Waals surface area contributed by atoms with Gasteiger partial charge in [0.05, 0.1) is 42.2 Å². The maximum atomic E-state index is 13.7. The highest BCUT2D eigenvalue weighted by Gasteiger charge is 2.48. The predicted molar refractivity (Wildman–Crippen MR) is 169 cm³/mol. The zero-order valence-corrected chi connectivity index (χ0v) is 25.9. The van der Waals surface area contributed by atoms with Crippen molar-refractivity contribution in [2.45, 2.75) is 46.6 Å². The molecule has 1 N–H and O–H groups in total. The highest BCUT2D eigenvalue weighted by molar-refractivity contribution is 7.22. The summed E-state index contributed by atoms with van der Waals surface area (Å²) in [7, 11) is 1.54. The Bertz CT molecular complexity index is 1690. The maximum Gasteiger partial charge on any atom is 0.301 e. The molecule has 1 aliphatic rings. The number of rotatable bonds is 11. The van der Waals surface area contributed by atoms with Gasteiger partial charge in [-0.25, -0.2) is 4.98 Å². The molecule has 9 heteroatoms. The number of Topliss-reactive ketones (excluding diaryl/α,β-unsaturated/α-hetero) is 1. The topological polar surface area (TPSA) is 98.2 Å². The van der Waals surface area contributed by atoms with Crippen LogP contribution in [-0.2, 0) is 9.59 Å².